The molecular weight excluding hydrogens is 848 g/mol. The van der Waals surface area contributed by atoms with Crippen LogP contribution in [-0.2, 0) is 59.1 Å². The Bertz CT molecular complexity index is 2550. The maximum absolute atomic E-state index is 13.4. The molecule has 1 N–H and O–H groups in total. The molecule has 2 fully saturated rings. The molecule has 12 heteroatoms. The highest BCUT2D eigenvalue weighted by atomic mass is 16.7. The Labute approximate surface area is 406 Å². The van der Waals surface area contributed by atoms with E-state index < -0.39 is 42.2 Å². The van der Waals surface area contributed by atoms with Crippen LogP contribution >= 0.6 is 0 Å². The Balaban J connectivity index is 1.26. The zero-order valence-corrected chi connectivity index (χ0v) is 42.7. The molecule has 0 bridgehead atoms. The second kappa shape index (κ2) is 20.3. The van der Waals surface area contributed by atoms with Crippen LogP contribution in [0.25, 0.3) is 21.5 Å². The maximum atomic E-state index is 13.4. The van der Waals surface area contributed by atoms with Gasteiger partial charge in [-0.2, -0.15) is 0 Å². The summed E-state index contributed by atoms with van der Waals surface area (Å²) in [6.45, 7) is 32.1. The van der Waals surface area contributed by atoms with Crippen LogP contribution in [0.4, 0.5) is 0 Å². The van der Waals surface area contributed by atoms with Crippen molar-refractivity contribution in [1.29, 1.82) is 0 Å². The topological polar surface area (TPSA) is 98.8 Å². The first kappa shape index (κ1) is 51.1. The number of nitrogens with one attached hydrogen (secondary N) is 1. The fourth-order valence-electron chi connectivity index (χ4n) is 9.06. The standard InChI is InChI=1S/C56H73B2N3O7/c1-39(2)51(63)59-32-22-33-60(35-40-23-14-20-29-48(40)57-65-53(6,7)54(8,9)66-57)37-46-42-25-16-18-27-44(42)47(45-28-19-17-26-43(45)46)38-61(34-31-50(62)64-52(3,4)5)36-41-24-15-21-30-49(41)58-67-55(10,11)56(12,13)68-58/h14-21,23-30H,1,22,31-38H2,2-13H3,(H,59,63). The Morgan fingerprint density at radius 1 is 0.588 bits per heavy atom. The predicted molar refractivity (Wildman–Crippen MR) is 277 cm³/mol. The van der Waals surface area contributed by atoms with E-state index in [1.54, 1.807) is 6.92 Å². The highest BCUT2D eigenvalue weighted by molar-refractivity contribution is 6.63. The Kier molecular flexibility index (Phi) is 15.2. The van der Waals surface area contributed by atoms with Crippen LogP contribution in [0.5, 0.6) is 0 Å². The van der Waals surface area contributed by atoms with Gasteiger partial charge in [0.15, 0.2) is 0 Å². The first-order valence-electron chi connectivity index (χ1n) is 24.3. The summed E-state index contributed by atoms with van der Waals surface area (Å²) in [4.78, 5) is 30.7. The summed E-state index contributed by atoms with van der Waals surface area (Å²) in [5, 5.41) is 7.71. The van der Waals surface area contributed by atoms with Gasteiger partial charge in [-0.05, 0) is 144 Å². The van der Waals surface area contributed by atoms with Gasteiger partial charge in [-0.25, -0.2) is 0 Å². The summed E-state index contributed by atoms with van der Waals surface area (Å²) in [5.74, 6) is -0.363. The molecule has 10 nitrogen and oxygen atoms in total. The minimum absolute atomic E-state index is 0.132. The number of benzene rings is 5. The molecular formula is C56H73B2N3O7. The number of hydrogen-bond acceptors (Lipinski definition) is 9. The van der Waals surface area contributed by atoms with Gasteiger partial charge in [-0.1, -0.05) is 104 Å². The summed E-state index contributed by atoms with van der Waals surface area (Å²) >= 11 is 0. The van der Waals surface area contributed by atoms with Crippen molar-refractivity contribution in [3.63, 3.8) is 0 Å². The van der Waals surface area contributed by atoms with Gasteiger partial charge in [0.1, 0.15) is 5.60 Å². The number of carbonyl (C=O) groups excluding carboxylic acids is 2. The second-order valence-corrected chi connectivity index (χ2v) is 21.8. The van der Waals surface area contributed by atoms with E-state index in [9.17, 15) is 9.59 Å². The van der Waals surface area contributed by atoms with Crippen molar-refractivity contribution >= 4 is 58.6 Å². The summed E-state index contributed by atoms with van der Waals surface area (Å²) in [7, 11) is -1.03. The van der Waals surface area contributed by atoms with Crippen molar-refractivity contribution in [3.8, 4) is 0 Å². The van der Waals surface area contributed by atoms with E-state index in [4.69, 9.17) is 23.4 Å². The van der Waals surface area contributed by atoms with Crippen molar-refractivity contribution in [2.75, 3.05) is 19.6 Å². The van der Waals surface area contributed by atoms with E-state index in [2.05, 4.69) is 162 Å². The summed E-state index contributed by atoms with van der Waals surface area (Å²) in [5.41, 5.74) is 4.59. The number of carbonyl (C=O) groups is 2. The summed E-state index contributed by atoms with van der Waals surface area (Å²) < 4.78 is 32.2. The van der Waals surface area contributed by atoms with Crippen LogP contribution in [0.3, 0.4) is 0 Å². The van der Waals surface area contributed by atoms with Gasteiger partial charge < -0.3 is 28.7 Å². The fourth-order valence-corrected chi connectivity index (χ4v) is 9.06. The molecule has 7 rings (SSSR count). The molecule has 1 amide bonds. The molecule has 0 saturated carbocycles. The van der Waals surface area contributed by atoms with Gasteiger partial charge in [0.2, 0.25) is 5.91 Å². The van der Waals surface area contributed by atoms with Crippen LogP contribution in [0.2, 0.25) is 0 Å². The van der Waals surface area contributed by atoms with Gasteiger partial charge in [-0.3, -0.25) is 19.4 Å². The molecule has 0 aliphatic carbocycles. The first-order chi connectivity index (χ1) is 32.0. The molecule has 2 aliphatic rings. The molecule has 0 radical (unpaired) electrons. The van der Waals surface area contributed by atoms with Crippen LogP contribution in [-0.4, -0.2) is 83.6 Å². The van der Waals surface area contributed by atoms with E-state index in [1.165, 1.54) is 21.9 Å². The molecule has 5 aromatic rings. The molecule has 0 unspecified atom stereocenters. The number of ether oxygens (including phenoxy) is 1. The molecule has 2 saturated heterocycles. The lowest BCUT2D eigenvalue weighted by Gasteiger charge is -2.32. The molecule has 2 aliphatic heterocycles. The van der Waals surface area contributed by atoms with Crippen molar-refractivity contribution < 1.29 is 32.9 Å². The van der Waals surface area contributed by atoms with Gasteiger partial charge in [0.05, 0.1) is 28.8 Å². The van der Waals surface area contributed by atoms with Gasteiger partial charge in [0, 0.05) is 51.4 Å². The lowest BCUT2D eigenvalue weighted by atomic mass is 9.75. The number of nitrogens with zero attached hydrogens (tertiary/aromatic N) is 2. The van der Waals surface area contributed by atoms with Gasteiger partial charge >= 0.3 is 20.2 Å². The van der Waals surface area contributed by atoms with Crippen molar-refractivity contribution in [2.24, 2.45) is 0 Å². The van der Waals surface area contributed by atoms with E-state index in [1.807, 2.05) is 32.9 Å². The highest BCUT2D eigenvalue weighted by Crippen LogP contribution is 2.39. The predicted octanol–water partition coefficient (Wildman–Crippen LogP) is 9.41. The minimum atomic E-state index is -0.589. The third kappa shape index (κ3) is 11.6. The molecule has 2 heterocycles. The van der Waals surface area contributed by atoms with E-state index >= 15 is 0 Å². The van der Waals surface area contributed by atoms with Gasteiger partial charge in [0.25, 0.3) is 0 Å². The van der Waals surface area contributed by atoms with Crippen LogP contribution in [0, 0.1) is 0 Å². The molecule has 0 aromatic heterocycles. The van der Waals surface area contributed by atoms with E-state index in [-0.39, 0.29) is 18.3 Å². The second-order valence-electron chi connectivity index (χ2n) is 21.8. The first-order valence-corrected chi connectivity index (χ1v) is 24.3. The molecule has 5 aromatic carbocycles. The molecule has 360 valence electrons. The SMILES string of the molecule is C=C(C)C(=O)NCCCN(Cc1ccccc1B1OC(C)(C)C(C)(C)O1)Cc1c2ccccc2c(CN(CCC(=O)OC(C)(C)C)Cc2ccccc2B2OC(C)(C)C(C)(C)O2)c2ccccc12. The Morgan fingerprint density at radius 3 is 1.34 bits per heavy atom. The van der Waals surface area contributed by atoms with Gasteiger partial charge in [-0.15, -0.1) is 0 Å². The van der Waals surface area contributed by atoms with Crippen molar-refractivity contribution in [3.05, 3.63) is 131 Å². The lowest BCUT2D eigenvalue weighted by Crippen LogP contribution is -2.41. The van der Waals surface area contributed by atoms with Crippen LogP contribution < -0.4 is 16.2 Å². The third-order valence-corrected chi connectivity index (χ3v) is 14.2. The fraction of sp³-hybridized carbons (Fsp3) is 0.464. The molecule has 0 spiro atoms. The number of hydrogen-bond donors (Lipinski definition) is 1. The Morgan fingerprint density at radius 2 is 0.956 bits per heavy atom. The normalized spacial score (nSPS) is 17.4. The highest BCUT2D eigenvalue weighted by Gasteiger charge is 2.53. The summed E-state index contributed by atoms with van der Waals surface area (Å²) in [6, 6.07) is 34.2. The van der Waals surface area contributed by atoms with E-state index in [0.29, 0.717) is 44.8 Å². The number of amides is 1. The molecule has 68 heavy (non-hydrogen) atoms. The Hall–Kier alpha value is -4.81. The average molecular weight is 922 g/mol. The molecule has 0 atom stereocenters. The largest absolute Gasteiger partial charge is 0.495 e. The third-order valence-electron chi connectivity index (χ3n) is 14.2. The lowest BCUT2D eigenvalue weighted by molar-refractivity contribution is -0.155. The minimum Gasteiger partial charge on any atom is -0.460 e. The van der Waals surface area contributed by atoms with Crippen LogP contribution in [0.15, 0.2) is 109 Å². The maximum Gasteiger partial charge on any atom is 0.495 e. The smallest absolute Gasteiger partial charge is 0.460 e. The summed E-state index contributed by atoms with van der Waals surface area (Å²) in [6.07, 6.45) is 0.977. The average Bonchev–Trinajstić information content (AvgIpc) is 3.63. The number of rotatable bonds is 18. The zero-order valence-electron chi connectivity index (χ0n) is 42.7. The van der Waals surface area contributed by atoms with Crippen molar-refractivity contribution in [2.45, 2.75) is 150 Å². The zero-order chi connectivity index (χ0) is 49.2. The number of fused-ring (bicyclic) bond motifs is 2. The van der Waals surface area contributed by atoms with Crippen molar-refractivity contribution in [1.82, 2.24) is 15.1 Å². The quantitative estimate of drug-likeness (QED) is 0.0303. The van der Waals surface area contributed by atoms with Crippen LogP contribution in [0.1, 0.15) is 118 Å². The monoisotopic (exact) mass is 922 g/mol. The number of esters is 1. The van der Waals surface area contributed by atoms with E-state index in [0.717, 1.165) is 45.8 Å².